The SMILES string of the molecule is Nc1cc(F)ccc1S(=O)(=O)NC1CCCC1. The number of hydrogen-bond donors (Lipinski definition) is 2. The van der Waals surface area contributed by atoms with Gasteiger partial charge in [-0.3, -0.25) is 0 Å². The Kier molecular flexibility index (Phi) is 3.35. The fourth-order valence-corrected chi connectivity index (χ4v) is 3.51. The second kappa shape index (κ2) is 4.62. The van der Waals surface area contributed by atoms with Crippen LogP contribution in [0.4, 0.5) is 10.1 Å². The number of rotatable bonds is 3. The van der Waals surface area contributed by atoms with E-state index in [0.717, 1.165) is 37.8 Å². The highest BCUT2D eigenvalue weighted by molar-refractivity contribution is 7.89. The van der Waals surface area contributed by atoms with Gasteiger partial charge in [-0.2, -0.15) is 0 Å². The van der Waals surface area contributed by atoms with Crippen molar-refractivity contribution in [3.63, 3.8) is 0 Å². The third-order valence-electron chi connectivity index (χ3n) is 2.94. The van der Waals surface area contributed by atoms with E-state index in [1.54, 1.807) is 0 Å². The summed E-state index contributed by atoms with van der Waals surface area (Å²) in [5, 5.41) is 0. The summed E-state index contributed by atoms with van der Waals surface area (Å²) >= 11 is 0. The summed E-state index contributed by atoms with van der Waals surface area (Å²) in [5.74, 6) is -0.540. The lowest BCUT2D eigenvalue weighted by Gasteiger charge is -2.13. The lowest BCUT2D eigenvalue weighted by Crippen LogP contribution is -2.33. The molecule has 2 rings (SSSR count). The van der Waals surface area contributed by atoms with Crippen LogP contribution < -0.4 is 10.5 Å². The molecule has 4 nitrogen and oxygen atoms in total. The Labute approximate surface area is 100 Å². The summed E-state index contributed by atoms with van der Waals surface area (Å²) in [7, 11) is -3.63. The molecule has 0 atom stereocenters. The van der Waals surface area contributed by atoms with Crippen LogP contribution in [-0.4, -0.2) is 14.5 Å². The van der Waals surface area contributed by atoms with Crippen molar-refractivity contribution >= 4 is 15.7 Å². The van der Waals surface area contributed by atoms with Gasteiger partial charge in [0, 0.05) is 6.04 Å². The average Bonchev–Trinajstić information content (AvgIpc) is 2.68. The molecule has 6 heteroatoms. The summed E-state index contributed by atoms with van der Waals surface area (Å²) in [6, 6.07) is 3.29. The fourth-order valence-electron chi connectivity index (χ4n) is 2.09. The first kappa shape index (κ1) is 12.3. The number of sulfonamides is 1. The lowest BCUT2D eigenvalue weighted by molar-refractivity contribution is 0.552. The maximum Gasteiger partial charge on any atom is 0.242 e. The van der Waals surface area contributed by atoms with Gasteiger partial charge in [0.15, 0.2) is 0 Å². The van der Waals surface area contributed by atoms with Gasteiger partial charge in [-0.25, -0.2) is 17.5 Å². The summed E-state index contributed by atoms with van der Waals surface area (Å²) < 4.78 is 39.5. The molecule has 17 heavy (non-hydrogen) atoms. The first-order valence-electron chi connectivity index (χ1n) is 5.56. The minimum atomic E-state index is -3.63. The molecular weight excluding hydrogens is 243 g/mol. The van der Waals surface area contributed by atoms with E-state index < -0.39 is 15.8 Å². The molecular formula is C11H15FN2O2S. The number of nitrogens with one attached hydrogen (secondary N) is 1. The van der Waals surface area contributed by atoms with Gasteiger partial charge in [0.2, 0.25) is 10.0 Å². The third-order valence-corrected chi connectivity index (χ3v) is 4.53. The van der Waals surface area contributed by atoms with E-state index >= 15 is 0 Å². The number of nitrogen functional groups attached to an aromatic ring is 1. The Morgan fingerprint density at radius 2 is 1.94 bits per heavy atom. The number of hydrogen-bond acceptors (Lipinski definition) is 3. The van der Waals surface area contributed by atoms with Crippen molar-refractivity contribution in [3.8, 4) is 0 Å². The molecule has 0 spiro atoms. The highest BCUT2D eigenvalue weighted by Crippen LogP contribution is 2.23. The topological polar surface area (TPSA) is 72.2 Å². The van der Waals surface area contributed by atoms with Crippen LogP contribution >= 0.6 is 0 Å². The smallest absolute Gasteiger partial charge is 0.242 e. The summed E-state index contributed by atoms with van der Waals surface area (Å²) in [6.45, 7) is 0. The van der Waals surface area contributed by atoms with E-state index in [-0.39, 0.29) is 16.6 Å². The van der Waals surface area contributed by atoms with Crippen LogP contribution in [0.3, 0.4) is 0 Å². The van der Waals surface area contributed by atoms with Gasteiger partial charge in [0.1, 0.15) is 10.7 Å². The largest absolute Gasteiger partial charge is 0.398 e. The minimum Gasteiger partial charge on any atom is -0.398 e. The highest BCUT2D eigenvalue weighted by Gasteiger charge is 2.24. The number of halogens is 1. The van der Waals surface area contributed by atoms with Gasteiger partial charge >= 0.3 is 0 Å². The molecule has 3 N–H and O–H groups in total. The molecule has 0 saturated heterocycles. The maximum atomic E-state index is 12.8. The van der Waals surface area contributed by atoms with Crippen LogP contribution in [0.25, 0.3) is 0 Å². The van der Waals surface area contributed by atoms with E-state index in [9.17, 15) is 12.8 Å². The van der Waals surface area contributed by atoms with Gasteiger partial charge in [0.25, 0.3) is 0 Å². The predicted molar refractivity (Wildman–Crippen MR) is 63.4 cm³/mol. The van der Waals surface area contributed by atoms with Crippen LogP contribution in [0.1, 0.15) is 25.7 Å². The van der Waals surface area contributed by atoms with Crippen LogP contribution in [0.2, 0.25) is 0 Å². The first-order valence-corrected chi connectivity index (χ1v) is 7.05. The predicted octanol–water partition coefficient (Wildman–Crippen LogP) is 1.63. The number of anilines is 1. The van der Waals surface area contributed by atoms with Crippen molar-refractivity contribution in [1.29, 1.82) is 0 Å². The zero-order chi connectivity index (χ0) is 12.5. The molecule has 1 saturated carbocycles. The van der Waals surface area contributed by atoms with E-state index in [2.05, 4.69) is 4.72 Å². The molecule has 0 aromatic heterocycles. The third kappa shape index (κ3) is 2.76. The Balaban J connectivity index is 2.24. The Hall–Kier alpha value is -1.14. The maximum absolute atomic E-state index is 12.8. The van der Waals surface area contributed by atoms with E-state index in [1.807, 2.05) is 0 Å². The molecule has 1 aliphatic rings. The lowest BCUT2D eigenvalue weighted by atomic mass is 10.3. The monoisotopic (exact) mass is 258 g/mol. The summed E-state index contributed by atoms with van der Waals surface area (Å²) in [4.78, 5) is -0.0502. The van der Waals surface area contributed by atoms with Crippen LogP contribution in [0.5, 0.6) is 0 Å². The minimum absolute atomic E-state index is 0.0237. The molecule has 0 radical (unpaired) electrons. The molecule has 1 aromatic carbocycles. The quantitative estimate of drug-likeness (QED) is 0.809. The molecule has 1 aromatic rings. The van der Waals surface area contributed by atoms with Crippen LogP contribution in [0.15, 0.2) is 23.1 Å². The molecule has 94 valence electrons. The van der Waals surface area contributed by atoms with Crippen molar-refractivity contribution in [2.75, 3.05) is 5.73 Å². The molecule has 0 amide bonds. The Bertz CT molecular complexity index is 510. The summed E-state index contributed by atoms with van der Waals surface area (Å²) in [5.41, 5.74) is 5.46. The molecule has 1 fully saturated rings. The van der Waals surface area contributed by atoms with Crippen molar-refractivity contribution in [2.45, 2.75) is 36.6 Å². The Morgan fingerprint density at radius 1 is 1.29 bits per heavy atom. The first-order chi connectivity index (χ1) is 7.99. The zero-order valence-electron chi connectivity index (χ0n) is 9.32. The van der Waals surface area contributed by atoms with Crippen LogP contribution in [0, 0.1) is 5.82 Å². The number of nitrogens with two attached hydrogens (primary N) is 1. The van der Waals surface area contributed by atoms with E-state index in [1.165, 1.54) is 6.07 Å². The van der Waals surface area contributed by atoms with E-state index in [4.69, 9.17) is 5.73 Å². The fraction of sp³-hybridized carbons (Fsp3) is 0.455. The Morgan fingerprint density at radius 3 is 2.53 bits per heavy atom. The zero-order valence-corrected chi connectivity index (χ0v) is 10.1. The molecule has 0 unspecified atom stereocenters. The highest BCUT2D eigenvalue weighted by atomic mass is 32.2. The van der Waals surface area contributed by atoms with Crippen molar-refractivity contribution < 1.29 is 12.8 Å². The van der Waals surface area contributed by atoms with Gasteiger partial charge in [-0.1, -0.05) is 12.8 Å². The summed E-state index contributed by atoms with van der Waals surface area (Å²) in [6.07, 6.45) is 3.76. The molecule has 0 aliphatic heterocycles. The van der Waals surface area contributed by atoms with Crippen molar-refractivity contribution in [2.24, 2.45) is 0 Å². The van der Waals surface area contributed by atoms with Gasteiger partial charge < -0.3 is 5.73 Å². The standard InChI is InChI=1S/C11H15FN2O2S/c12-8-5-6-11(10(13)7-8)17(15,16)14-9-3-1-2-4-9/h5-7,9,14H,1-4,13H2. The van der Waals surface area contributed by atoms with Gasteiger partial charge in [0.05, 0.1) is 5.69 Å². The van der Waals surface area contributed by atoms with Gasteiger partial charge in [-0.05, 0) is 31.0 Å². The van der Waals surface area contributed by atoms with E-state index in [0.29, 0.717) is 0 Å². The normalized spacial score (nSPS) is 17.5. The second-order valence-electron chi connectivity index (χ2n) is 4.28. The molecule has 0 bridgehead atoms. The molecule has 1 aliphatic carbocycles. The second-order valence-corrected chi connectivity index (χ2v) is 5.97. The molecule has 0 heterocycles. The van der Waals surface area contributed by atoms with Crippen LogP contribution in [-0.2, 0) is 10.0 Å². The van der Waals surface area contributed by atoms with Gasteiger partial charge in [-0.15, -0.1) is 0 Å². The van der Waals surface area contributed by atoms with Crippen molar-refractivity contribution in [1.82, 2.24) is 4.72 Å². The average molecular weight is 258 g/mol. The van der Waals surface area contributed by atoms with Crippen molar-refractivity contribution in [3.05, 3.63) is 24.0 Å². The number of benzene rings is 1.